The predicted octanol–water partition coefficient (Wildman–Crippen LogP) is 3.72. The third-order valence-electron chi connectivity index (χ3n) is 8.52. The van der Waals surface area contributed by atoms with Crippen molar-refractivity contribution in [3.05, 3.63) is 78.7 Å². The zero-order valence-corrected chi connectivity index (χ0v) is 24.5. The van der Waals surface area contributed by atoms with Crippen molar-refractivity contribution in [2.24, 2.45) is 0 Å². The van der Waals surface area contributed by atoms with Crippen molar-refractivity contribution in [2.45, 2.75) is 77.0 Å². The van der Waals surface area contributed by atoms with Crippen molar-refractivity contribution in [1.82, 2.24) is 29.0 Å². The molecule has 0 spiro atoms. The van der Waals surface area contributed by atoms with Gasteiger partial charge in [0.05, 0.1) is 17.0 Å². The van der Waals surface area contributed by atoms with Crippen LogP contribution in [-0.2, 0) is 6.54 Å². The van der Waals surface area contributed by atoms with Gasteiger partial charge in [0, 0.05) is 36.6 Å². The SMILES string of the molecule is CCn1cc(C(=O)NC2CCC(n3c(=O)c4cc(F)cnc4n(C4CCSCC4)c3=O)CC2)c(=O)c2ccc(C)nc21. The van der Waals surface area contributed by atoms with Crippen LogP contribution in [0.1, 0.15) is 73.6 Å². The Morgan fingerprint density at radius 3 is 2.43 bits per heavy atom. The minimum Gasteiger partial charge on any atom is -0.349 e. The van der Waals surface area contributed by atoms with E-state index in [9.17, 15) is 23.6 Å². The van der Waals surface area contributed by atoms with E-state index < -0.39 is 23.0 Å². The van der Waals surface area contributed by atoms with Crippen LogP contribution >= 0.6 is 11.8 Å². The zero-order chi connectivity index (χ0) is 29.5. The third kappa shape index (κ3) is 5.05. The average Bonchev–Trinajstić information content (AvgIpc) is 2.99. The van der Waals surface area contributed by atoms with E-state index in [2.05, 4.69) is 15.3 Å². The fourth-order valence-corrected chi connectivity index (χ4v) is 7.38. The monoisotopic (exact) mass is 592 g/mol. The molecule has 1 aliphatic heterocycles. The molecule has 4 aromatic rings. The molecule has 2 aliphatic rings. The number of aromatic nitrogens is 5. The van der Waals surface area contributed by atoms with E-state index in [4.69, 9.17) is 0 Å². The Balaban J connectivity index is 1.26. The number of hydrogen-bond acceptors (Lipinski definition) is 7. The minimum absolute atomic E-state index is 0.0610. The van der Waals surface area contributed by atoms with E-state index in [1.165, 1.54) is 10.6 Å². The summed E-state index contributed by atoms with van der Waals surface area (Å²) in [5, 5.41) is 3.50. The summed E-state index contributed by atoms with van der Waals surface area (Å²) < 4.78 is 18.9. The van der Waals surface area contributed by atoms with Gasteiger partial charge in [0.2, 0.25) is 5.43 Å². The van der Waals surface area contributed by atoms with Crippen molar-refractivity contribution in [3.8, 4) is 0 Å². The van der Waals surface area contributed by atoms with Crippen LogP contribution in [-0.4, -0.2) is 47.1 Å². The second kappa shape index (κ2) is 11.5. The van der Waals surface area contributed by atoms with Gasteiger partial charge in [0.1, 0.15) is 22.7 Å². The molecule has 0 bridgehead atoms. The maximum absolute atomic E-state index is 14.2. The molecule has 0 unspecified atom stereocenters. The number of thioether (sulfide) groups is 1. The summed E-state index contributed by atoms with van der Waals surface area (Å²) in [6, 6.07) is 3.92. The summed E-state index contributed by atoms with van der Waals surface area (Å²) in [4.78, 5) is 62.5. The lowest BCUT2D eigenvalue weighted by Crippen LogP contribution is -2.46. The number of aryl methyl sites for hydroxylation is 2. The smallest absolute Gasteiger partial charge is 0.333 e. The van der Waals surface area contributed by atoms with Gasteiger partial charge >= 0.3 is 5.69 Å². The lowest BCUT2D eigenvalue weighted by atomic mass is 9.90. The highest BCUT2D eigenvalue weighted by Gasteiger charge is 2.30. The normalized spacial score (nSPS) is 19.8. The van der Waals surface area contributed by atoms with Gasteiger partial charge in [-0.15, -0.1) is 0 Å². The number of hydrogen-bond donors (Lipinski definition) is 1. The summed E-state index contributed by atoms with van der Waals surface area (Å²) in [6.07, 6.45) is 6.18. The standard InChI is InChI=1S/C30H33FN6O4S/c1-3-35-16-24(25(38)22-9-4-17(2)33-27(22)35)28(39)34-19-5-7-20(8-6-19)37-29(40)23-14-18(31)15-32-26(23)36(30(37)41)21-10-12-42-13-11-21/h4,9,14-16,19-21H,3,5-8,10-13H2,1-2H3,(H,34,39). The first-order valence-electron chi connectivity index (χ1n) is 14.5. The molecule has 1 amide bonds. The molecule has 0 aromatic carbocycles. The Morgan fingerprint density at radius 1 is 1.00 bits per heavy atom. The Labute approximate surface area is 245 Å². The van der Waals surface area contributed by atoms with E-state index in [-0.39, 0.29) is 40.2 Å². The zero-order valence-electron chi connectivity index (χ0n) is 23.6. The Bertz CT molecular complexity index is 1870. The highest BCUT2D eigenvalue weighted by Crippen LogP contribution is 2.30. The highest BCUT2D eigenvalue weighted by molar-refractivity contribution is 7.99. The third-order valence-corrected chi connectivity index (χ3v) is 9.57. The van der Waals surface area contributed by atoms with Crippen molar-refractivity contribution in [1.29, 1.82) is 0 Å². The lowest BCUT2D eigenvalue weighted by molar-refractivity contribution is 0.0920. The molecule has 1 N–H and O–H groups in total. The molecule has 0 atom stereocenters. The number of rotatable bonds is 5. The van der Waals surface area contributed by atoms with Crippen LogP contribution in [0.3, 0.4) is 0 Å². The number of halogens is 1. The molecule has 2 fully saturated rings. The van der Waals surface area contributed by atoms with Crippen LogP contribution in [0.25, 0.3) is 22.1 Å². The molecular formula is C30H33FN6O4S. The largest absolute Gasteiger partial charge is 0.349 e. The van der Waals surface area contributed by atoms with Crippen LogP contribution in [0.4, 0.5) is 4.39 Å². The number of nitrogens with one attached hydrogen (secondary N) is 1. The Kier molecular flexibility index (Phi) is 7.73. The fraction of sp³-hybridized carbons (Fsp3) is 0.467. The van der Waals surface area contributed by atoms with E-state index in [1.807, 2.05) is 25.6 Å². The van der Waals surface area contributed by atoms with Crippen LogP contribution < -0.4 is 22.0 Å². The molecule has 5 heterocycles. The number of pyridine rings is 3. The Morgan fingerprint density at radius 2 is 1.71 bits per heavy atom. The summed E-state index contributed by atoms with van der Waals surface area (Å²) >= 11 is 1.83. The molecule has 4 aromatic heterocycles. The van der Waals surface area contributed by atoms with Crippen molar-refractivity contribution >= 4 is 39.7 Å². The second-order valence-electron chi connectivity index (χ2n) is 11.2. The lowest BCUT2D eigenvalue weighted by Gasteiger charge is -2.31. The highest BCUT2D eigenvalue weighted by atomic mass is 32.2. The van der Waals surface area contributed by atoms with Crippen LogP contribution in [0.15, 0.2) is 45.0 Å². The summed E-state index contributed by atoms with van der Waals surface area (Å²) in [6.45, 7) is 4.33. The molecule has 42 heavy (non-hydrogen) atoms. The molecule has 220 valence electrons. The number of amides is 1. The first-order chi connectivity index (χ1) is 20.3. The maximum atomic E-state index is 14.2. The van der Waals surface area contributed by atoms with Gasteiger partial charge in [-0.1, -0.05) is 0 Å². The van der Waals surface area contributed by atoms with Crippen LogP contribution in [0.2, 0.25) is 0 Å². The minimum atomic E-state index is -0.622. The predicted molar refractivity (Wildman–Crippen MR) is 161 cm³/mol. The van der Waals surface area contributed by atoms with Gasteiger partial charge in [-0.3, -0.25) is 23.5 Å². The summed E-state index contributed by atoms with van der Waals surface area (Å²) in [5.41, 5.74) is 0.332. The van der Waals surface area contributed by atoms with Gasteiger partial charge in [0.15, 0.2) is 0 Å². The van der Waals surface area contributed by atoms with Gasteiger partial charge in [0.25, 0.3) is 11.5 Å². The summed E-state index contributed by atoms with van der Waals surface area (Å²) in [7, 11) is 0. The molecule has 0 radical (unpaired) electrons. The molecule has 1 saturated heterocycles. The first kappa shape index (κ1) is 28.3. The quantitative estimate of drug-likeness (QED) is 0.375. The molecular weight excluding hydrogens is 559 g/mol. The average molecular weight is 593 g/mol. The number of fused-ring (bicyclic) bond motifs is 2. The molecule has 6 rings (SSSR count). The summed E-state index contributed by atoms with van der Waals surface area (Å²) in [5.74, 6) is 0.736. The van der Waals surface area contributed by atoms with Crippen LogP contribution in [0.5, 0.6) is 0 Å². The number of carbonyl (C=O) groups excluding carboxylic acids is 1. The van der Waals surface area contributed by atoms with Crippen LogP contribution in [0, 0.1) is 12.7 Å². The fourth-order valence-electron chi connectivity index (χ4n) is 6.30. The van der Waals surface area contributed by atoms with Gasteiger partial charge in [-0.25, -0.2) is 19.2 Å². The molecule has 10 nitrogen and oxygen atoms in total. The second-order valence-corrected chi connectivity index (χ2v) is 12.4. The van der Waals surface area contributed by atoms with Gasteiger partial charge in [-0.05, 0) is 82.1 Å². The molecule has 1 aliphatic carbocycles. The number of carbonyl (C=O) groups is 1. The molecule has 12 heteroatoms. The van der Waals surface area contributed by atoms with E-state index >= 15 is 0 Å². The van der Waals surface area contributed by atoms with Crippen molar-refractivity contribution in [2.75, 3.05) is 11.5 Å². The van der Waals surface area contributed by atoms with E-state index in [0.717, 1.165) is 36.2 Å². The topological polar surface area (TPSA) is 121 Å². The van der Waals surface area contributed by atoms with E-state index in [0.29, 0.717) is 43.3 Å². The first-order valence-corrected chi connectivity index (χ1v) is 15.6. The maximum Gasteiger partial charge on any atom is 0.333 e. The van der Waals surface area contributed by atoms with Gasteiger partial charge < -0.3 is 9.88 Å². The van der Waals surface area contributed by atoms with Crippen molar-refractivity contribution in [3.63, 3.8) is 0 Å². The van der Waals surface area contributed by atoms with Crippen molar-refractivity contribution < 1.29 is 9.18 Å². The van der Waals surface area contributed by atoms with E-state index in [1.54, 1.807) is 27.5 Å². The van der Waals surface area contributed by atoms with Gasteiger partial charge in [-0.2, -0.15) is 11.8 Å². The molecule has 1 saturated carbocycles. The Hall–Kier alpha value is -3.80. The number of nitrogens with zero attached hydrogens (tertiary/aromatic N) is 5.